The molecule has 0 N–H and O–H groups in total. The van der Waals surface area contributed by atoms with Crippen molar-refractivity contribution in [3.63, 3.8) is 0 Å². The molecule has 1 aliphatic rings. The molecule has 0 amide bonds. The second-order valence-electron chi connectivity index (χ2n) is 3.32. The molecule has 0 saturated carbocycles. The predicted molar refractivity (Wildman–Crippen MR) is 52.9 cm³/mol. The summed E-state index contributed by atoms with van der Waals surface area (Å²) in [4.78, 5) is 0. The van der Waals surface area contributed by atoms with Gasteiger partial charge < -0.3 is 4.74 Å². The van der Waals surface area contributed by atoms with E-state index < -0.39 is 0 Å². The lowest BCUT2D eigenvalue weighted by Crippen LogP contribution is -1.94. The second kappa shape index (κ2) is 3.14. The number of hydrogen-bond donors (Lipinski definition) is 0. The van der Waals surface area contributed by atoms with Crippen LogP contribution in [0.15, 0.2) is 18.2 Å². The van der Waals surface area contributed by atoms with Gasteiger partial charge in [0.05, 0.1) is 6.61 Å². The molecule has 0 spiro atoms. The highest BCUT2D eigenvalue weighted by atomic mass is 16.5. The first-order chi connectivity index (χ1) is 6.33. The van der Waals surface area contributed by atoms with Crippen LogP contribution < -0.4 is 4.74 Å². The van der Waals surface area contributed by atoms with Crippen LogP contribution in [-0.4, -0.2) is 6.61 Å². The molecule has 66 valence electrons. The Morgan fingerprint density at radius 3 is 3.15 bits per heavy atom. The molecule has 0 aromatic heterocycles. The summed E-state index contributed by atoms with van der Waals surface area (Å²) in [5, 5.41) is 0. The summed E-state index contributed by atoms with van der Waals surface area (Å²) < 4.78 is 5.56. The largest absolute Gasteiger partial charge is 0.493 e. The molecule has 0 saturated heterocycles. The van der Waals surface area contributed by atoms with Gasteiger partial charge in [0.25, 0.3) is 0 Å². The van der Waals surface area contributed by atoms with E-state index in [0.717, 1.165) is 24.3 Å². The molecule has 1 aromatic carbocycles. The molecule has 1 heteroatoms. The van der Waals surface area contributed by atoms with Crippen LogP contribution in [0.3, 0.4) is 0 Å². The van der Waals surface area contributed by atoms with Crippen LogP contribution in [0.2, 0.25) is 0 Å². The van der Waals surface area contributed by atoms with Crippen LogP contribution in [0, 0.1) is 12.3 Å². The zero-order chi connectivity index (χ0) is 9.26. The number of fused-ring (bicyclic) bond motifs is 1. The molecule has 0 radical (unpaired) electrons. The lowest BCUT2D eigenvalue weighted by Gasteiger charge is -2.09. The SMILES string of the molecule is C#CC(C)c1cccc2c1OCC2. The first-order valence-electron chi connectivity index (χ1n) is 4.53. The highest BCUT2D eigenvalue weighted by Crippen LogP contribution is 2.33. The molecular formula is C12H12O. The van der Waals surface area contributed by atoms with Gasteiger partial charge in [0, 0.05) is 17.9 Å². The third kappa shape index (κ3) is 1.29. The summed E-state index contributed by atoms with van der Waals surface area (Å²) in [5.74, 6) is 3.90. The first-order valence-corrected chi connectivity index (χ1v) is 4.53. The zero-order valence-electron chi connectivity index (χ0n) is 7.71. The molecule has 1 nitrogen and oxygen atoms in total. The summed E-state index contributed by atoms with van der Waals surface area (Å²) in [5.41, 5.74) is 2.44. The van der Waals surface area contributed by atoms with Crippen LogP contribution in [-0.2, 0) is 6.42 Å². The molecule has 0 fully saturated rings. The van der Waals surface area contributed by atoms with Crippen LogP contribution in [0.4, 0.5) is 0 Å². The maximum absolute atomic E-state index is 5.56. The van der Waals surface area contributed by atoms with Crippen LogP contribution >= 0.6 is 0 Å². The quantitative estimate of drug-likeness (QED) is 0.591. The molecule has 0 bridgehead atoms. The average molecular weight is 172 g/mol. The maximum Gasteiger partial charge on any atom is 0.127 e. The van der Waals surface area contributed by atoms with Gasteiger partial charge in [-0.25, -0.2) is 0 Å². The van der Waals surface area contributed by atoms with Gasteiger partial charge in [0.15, 0.2) is 0 Å². The van der Waals surface area contributed by atoms with E-state index in [2.05, 4.69) is 24.1 Å². The number of para-hydroxylation sites is 1. The third-order valence-electron chi connectivity index (χ3n) is 2.46. The Kier molecular flexibility index (Phi) is 1.98. The Hall–Kier alpha value is -1.42. The van der Waals surface area contributed by atoms with Crippen molar-refractivity contribution in [1.82, 2.24) is 0 Å². The van der Waals surface area contributed by atoms with E-state index in [4.69, 9.17) is 11.2 Å². The normalized spacial score (nSPS) is 15.7. The minimum atomic E-state index is 0.146. The van der Waals surface area contributed by atoms with Crippen molar-refractivity contribution >= 4 is 0 Å². The highest BCUT2D eigenvalue weighted by Gasteiger charge is 2.17. The third-order valence-corrected chi connectivity index (χ3v) is 2.46. The summed E-state index contributed by atoms with van der Waals surface area (Å²) in [6, 6.07) is 6.21. The summed E-state index contributed by atoms with van der Waals surface area (Å²) in [6.45, 7) is 2.82. The topological polar surface area (TPSA) is 9.23 Å². The number of ether oxygens (including phenoxy) is 1. The van der Waals surface area contributed by atoms with Gasteiger partial charge in [0.2, 0.25) is 0 Å². The smallest absolute Gasteiger partial charge is 0.127 e. The Morgan fingerprint density at radius 1 is 1.54 bits per heavy atom. The average Bonchev–Trinajstić information content (AvgIpc) is 2.63. The van der Waals surface area contributed by atoms with Crippen LogP contribution in [0.1, 0.15) is 24.0 Å². The Bertz CT molecular complexity index is 360. The van der Waals surface area contributed by atoms with E-state index in [9.17, 15) is 0 Å². The van der Waals surface area contributed by atoms with Crippen molar-refractivity contribution in [2.24, 2.45) is 0 Å². The fraction of sp³-hybridized carbons (Fsp3) is 0.333. The van der Waals surface area contributed by atoms with E-state index in [0.29, 0.717) is 0 Å². The number of rotatable bonds is 1. The first kappa shape index (κ1) is 8.19. The van der Waals surface area contributed by atoms with Crippen molar-refractivity contribution in [2.75, 3.05) is 6.61 Å². The van der Waals surface area contributed by atoms with E-state index >= 15 is 0 Å². The predicted octanol–water partition coefficient (Wildman–Crippen LogP) is 2.36. The summed E-state index contributed by atoms with van der Waals surface area (Å²) >= 11 is 0. The minimum Gasteiger partial charge on any atom is -0.493 e. The number of terminal acetylenes is 1. The lowest BCUT2D eigenvalue weighted by molar-refractivity contribution is 0.353. The van der Waals surface area contributed by atoms with E-state index in [1.54, 1.807) is 0 Å². The molecular weight excluding hydrogens is 160 g/mol. The fourth-order valence-corrected chi connectivity index (χ4v) is 1.67. The minimum absolute atomic E-state index is 0.146. The Morgan fingerprint density at radius 2 is 2.38 bits per heavy atom. The number of benzene rings is 1. The molecule has 1 unspecified atom stereocenters. The molecule has 13 heavy (non-hydrogen) atoms. The monoisotopic (exact) mass is 172 g/mol. The van der Waals surface area contributed by atoms with Gasteiger partial charge in [-0.3, -0.25) is 0 Å². The van der Waals surface area contributed by atoms with Gasteiger partial charge in [-0.1, -0.05) is 24.1 Å². The Balaban J connectivity index is 2.48. The zero-order valence-corrected chi connectivity index (χ0v) is 7.71. The molecule has 0 aliphatic carbocycles. The van der Waals surface area contributed by atoms with Crippen molar-refractivity contribution in [1.29, 1.82) is 0 Å². The van der Waals surface area contributed by atoms with Crippen molar-refractivity contribution in [2.45, 2.75) is 19.3 Å². The molecule has 1 aromatic rings. The van der Waals surface area contributed by atoms with Gasteiger partial charge in [-0.2, -0.15) is 0 Å². The lowest BCUT2D eigenvalue weighted by atomic mass is 9.98. The maximum atomic E-state index is 5.56. The van der Waals surface area contributed by atoms with E-state index in [1.807, 2.05) is 6.92 Å². The van der Waals surface area contributed by atoms with E-state index in [-0.39, 0.29) is 5.92 Å². The van der Waals surface area contributed by atoms with Crippen LogP contribution in [0.5, 0.6) is 5.75 Å². The van der Waals surface area contributed by atoms with Crippen molar-refractivity contribution < 1.29 is 4.74 Å². The summed E-state index contributed by atoms with van der Waals surface area (Å²) in [6.07, 6.45) is 6.41. The molecule has 1 heterocycles. The van der Waals surface area contributed by atoms with E-state index in [1.165, 1.54) is 5.56 Å². The van der Waals surface area contributed by atoms with Gasteiger partial charge in [-0.15, -0.1) is 6.42 Å². The number of hydrogen-bond acceptors (Lipinski definition) is 1. The Labute approximate surface area is 78.7 Å². The van der Waals surface area contributed by atoms with Crippen molar-refractivity contribution in [3.8, 4) is 18.1 Å². The second-order valence-corrected chi connectivity index (χ2v) is 3.32. The molecule has 2 rings (SSSR count). The van der Waals surface area contributed by atoms with Gasteiger partial charge >= 0.3 is 0 Å². The van der Waals surface area contributed by atoms with Gasteiger partial charge in [0.1, 0.15) is 5.75 Å². The molecule has 1 aliphatic heterocycles. The highest BCUT2D eigenvalue weighted by molar-refractivity contribution is 5.47. The van der Waals surface area contributed by atoms with Crippen LogP contribution in [0.25, 0.3) is 0 Å². The molecule has 1 atom stereocenters. The fourth-order valence-electron chi connectivity index (χ4n) is 1.67. The summed E-state index contributed by atoms with van der Waals surface area (Å²) in [7, 11) is 0. The standard InChI is InChI=1S/C12H12O/c1-3-9(2)11-6-4-5-10-7-8-13-12(10)11/h1,4-6,9H,7-8H2,2H3. The van der Waals surface area contributed by atoms with Crippen molar-refractivity contribution in [3.05, 3.63) is 29.3 Å². The van der Waals surface area contributed by atoms with Gasteiger partial charge in [-0.05, 0) is 12.5 Å².